The lowest BCUT2D eigenvalue weighted by molar-refractivity contribution is 0.0374. The molecule has 0 bridgehead atoms. The van der Waals surface area contributed by atoms with Crippen molar-refractivity contribution in [2.75, 3.05) is 13.2 Å². The fourth-order valence-corrected chi connectivity index (χ4v) is 3.42. The number of esters is 2. The van der Waals surface area contributed by atoms with Crippen LogP contribution in [0.25, 0.3) is 0 Å². The number of hydrogen-bond donors (Lipinski definition) is 0. The fourth-order valence-electron chi connectivity index (χ4n) is 3.42. The van der Waals surface area contributed by atoms with E-state index in [4.69, 9.17) is 9.47 Å². The minimum Gasteiger partial charge on any atom is -0.462 e. The van der Waals surface area contributed by atoms with Crippen LogP contribution in [0.15, 0.2) is 24.3 Å². The number of ether oxygens (including phenoxy) is 2. The van der Waals surface area contributed by atoms with Crippen molar-refractivity contribution in [3.8, 4) is 0 Å². The third-order valence-electron chi connectivity index (χ3n) is 5.03. The molecule has 0 saturated carbocycles. The van der Waals surface area contributed by atoms with Gasteiger partial charge in [0.2, 0.25) is 0 Å². The molecule has 2 atom stereocenters. The lowest BCUT2D eigenvalue weighted by atomic mass is 9.95. The van der Waals surface area contributed by atoms with Crippen LogP contribution >= 0.6 is 0 Å². The summed E-state index contributed by atoms with van der Waals surface area (Å²) in [5.74, 6) is 0.883. The first-order valence-electron chi connectivity index (χ1n) is 10.7. The Balaban J connectivity index is 2.74. The van der Waals surface area contributed by atoms with E-state index < -0.39 is 11.9 Å². The van der Waals surface area contributed by atoms with Gasteiger partial charge in [-0.3, -0.25) is 0 Å². The molecule has 0 aromatic heterocycles. The van der Waals surface area contributed by atoms with E-state index in [0.29, 0.717) is 36.9 Å². The van der Waals surface area contributed by atoms with E-state index >= 15 is 0 Å². The maximum absolute atomic E-state index is 12.6. The predicted molar refractivity (Wildman–Crippen MR) is 113 cm³/mol. The Hall–Kier alpha value is -1.84. The largest absolute Gasteiger partial charge is 0.462 e. The van der Waals surface area contributed by atoms with E-state index in [2.05, 4.69) is 41.5 Å². The van der Waals surface area contributed by atoms with E-state index in [1.54, 1.807) is 24.3 Å². The van der Waals surface area contributed by atoms with Gasteiger partial charge in [0, 0.05) is 0 Å². The maximum atomic E-state index is 12.6. The molecule has 1 aromatic rings. The zero-order valence-corrected chi connectivity index (χ0v) is 18.5. The first kappa shape index (κ1) is 24.2. The van der Waals surface area contributed by atoms with Crippen LogP contribution in [0, 0.1) is 23.7 Å². The summed E-state index contributed by atoms with van der Waals surface area (Å²) in [4.78, 5) is 25.2. The first-order chi connectivity index (χ1) is 13.3. The molecular formula is C24H38O4. The molecule has 0 N–H and O–H groups in total. The van der Waals surface area contributed by atoms with Crippen molar-refractivity contribution < 1.29 is 19.1 Å². The van der Waals surface area contributed by atoms with Crippen molar-refractivity contribution in [1.29, 1.82) is 0 Å². The second-order valence-electron chi connectivity index (χ2n) is 8.55. The second-order valence-corrected chi connectivity index (χ2v) is 8.55. The number of rotatable bonds is 12. The molecule has 0 saturated heterocycles. The minimum absolute atomic E-state index is 0.281. The van der Waals surface area contributed by atoms with E-state index in [0.717, 1.165) is 25.7 Å². The van der Waals surface area contributed by atoms with Crippen molar-refractivity contribution >= 4 is 11.9 Å². The highest BCUT2D eigenvalue weighted by Crippen LogP contribution is 2.19. The van der Waals surface area contributed by atoms with Crippen LogP contribution in [0.1, 0.15) is 87.9 Å². The van der Waals surface area contributed by atoms with Crippen LogP contribution in [0.5, 0.6) is 0 Å². The van der Waals surface area contributed by atoms with Crippen LogP contribution < -0.4 is 0 Å². The highest BCUT2D eigenvalue weighted by Gasteiger charge is 2.21. The Labute approximate surface area is 171 Å². The van der Waals surface area contributed by atoms with Crippen molar-refractivity contribution in [1.82, 2.24) is 0 Å². The normalized spacial score (nSPS) is 13.4. The molecule has 0 fully saturated rings. The molecule has 4 nitrogen and oxygen atoms in total. The van der Waals surface area contributed by atoms with Gasteiger partial charge in [0.1, 0.15) is 0 Å². The van der Waals surface area contributed by atoms with Gasteiger partial charge in [-0.05, 0) is 48.6 Å². The smallest absolute Gasteiger partial charge is 0.339 e. The third-order valence-corrected chi connectivity index (χ3v) is 5.03. The molecule has 0 aliphatic rings. The SMILES string of the molecule is CCC(COC(=O)c1ccccc1C(=O)OCC(CC)CC(C)C)CC(C)C. The van der Waals surface area contributed by atoms with Crippen LogP contribution in [-0.4, -0.2) is 25.2 Å². The molecule has 1 rings (SSSR count). The monoisotopic (exact) mass is 390 g/mol. The van der Waals surface area contributed by atoms with Crippen molar-refractivity contribution in [2.45, 2.75) is 67.2 Å². The molecule has 2 unspecified atom stereocenters. The Morgan fingerprint density at radius 1 is 0.750 bits per heavy atom. The fraction of sp³-hybridized carbons (Fsp3) is 0.667. The molecular weight excluding hydrogens is 352 g/mol. The molecule has 0 heterocycles. The van der Waals surface area contributed by atoms with Gasteiger partial charge in [-0.2, -0.15) is 0 Å². The maximum Gasteiger partial charge on any atom is 0.339 e. The van der Waals surface area contributed by atoms with E-state index in [9.17, 15) is 9.59 Å². The average Bonchev–Trinajstić information content (AvgIpc) is 2.67. The summed E-state index contributed by atoms with van der Waals surface area (Å²) in [6.45, 7) is 13.6. The van der Waals surface area contributed by atoms with Gasteiger partial charge in [-0.25, -0.2) is 9.59 Å². The van der Waals surface area contributed by atoms with Gasteiger partial charge in [0.05, 0.1) is 24.3 Å². The zero-order chi connectivity index (χ0) is 21.1. The summed E-state index contributed by atoms with van der Waals surface area (Å²) in [6.07, 6.45) is 3.95. The molecule has 1 aromatic carbocycles. The Kier molecular flexibility index (Phi) is 10.9. The van der Waals surface area contributed by atoms with Crippen LogP contribution in [0.2, 0.25) is 0 Å². The highest BCUT2D eigenvalue weighted by atomic mass is 16.5. The lowest BCUT2D eigenvalue weighted by Crippen LogP contribution is -2.20. The van der Waals surface area contributed by atoms with Crippen molar-refractivity contribution in [3.63, 3.8) is 0 Å². The molecule has 0 amide bonds. The lowest BCUT2D eigenvalue weighted by Gasteiger charge is -2.18. The minimum atomic E-state index is -0.455. The molecule has 0 spiro atoms. The van der Waals surface area contributed by atoms with Crippen LogP contribution in [-0.2, 0) is 9.47 Å². The van der Waals surface area contributed by atoms with Gasteiger partial charge in [-0.1, -0.05) is 66.5 Å². The summed E-state index contributed by atoms with van der Waals surface area (Å²) in [5.41, 5.74) is 0.563. The predicted octanol–water partition coefficient (Wildman–Crippen LogP) is 6.14. The number of benzene rings is 1. The molecule has 0 radical (unpaired) electrons. The Morgan fingerprint density at radius 3 is 1.39 bits per heavy atom. The summed E-state index contributed by atoms with van der Waals surface area (Å²) in [5, 5.41) is 0. The Morgan fingerprint density at radius 2 is 1.11 bits per heavy atom. The van der Waals surface area contributed by atoms with Crippen molar-refractivity contribution in [2.24, 2.45) is 23.7 Å². The molecule has 4 heteroatoms. The summed E-state index contributed by atoms with van der Waals surface area (Å²) in [6, 6.07) is 6.75. The number of carbonyl (C=O) groups excluding carboxylic acids is 2. The zero-order valence-electron chi connectivity index (χ0n) is 18.5. The number of hydrogen-bond acceptors (Lipinski definition) is 4. The third kappa shape index (κ3) is 8.45. The Bertz CT molecular complexity index is 553. The molecule has 0 aliphatic heterocycles. The molecule has 0 aliphatic carbocycles. The van der Waals surface area contributed by atoms with Crippen molar-refractivity contribution in [3.05, 3.63) is 35.4 Å². The van der Waals surface area contributed by atoms with Gasteiger partial charge in [-0.15, -0.1) is 0 Å². The molecule has 28 heavy (non-hydrogen) atoms. The highest BCUT2D eigenvalue weighted by molar-refractivity contribution is 6.03. The number of carbonyl (C=O) groups is 2. The second kappa shape index (κ2) is 12.6. The topological polar surface area (TPSA) is 52.6 Å². The van der Waals surface area contributed by atoms with Gasteiger partial charge >= 0.3 is 11.9 Å². The van der Waals surface area contributed by atoms with Gasteiger partial charge in [0.15, 0.2) is 0 Å². The van der Waals surface area contributed by atoms with Crippen LogP contribution in [0.4, 0.5) is 0 Å². The standard InChI is InChI=1S/C24H38O4/c1-7-19(13-17(3)4)15-27-23(25)21-11-9-10-12-22(21)24(26)28-16-20(8-2)14-18(5)6/h9-12,17-20H,7-8,13-16H2,1-6H3. The van der Waals surface area contributed by atoms with E-state index in [1.807, 2.05) is 0 Å². The summed E-state index contributed by atoms with van der Waals surface area (Å²) < 4.78 is 11.1. The average molecular weight is 391 g/mol. The van der Waals surface area contributed by atoms with Crippen LogP contribution in [0.3, 0.4) is 0 Å². The summed E-state index contributed by atoms with van der Waals surface area (Å²) in [7, 11) is 0. The first-order valence-corrected chi connectivity index (χ1v) is 10.7. The van der Waals surface area contributed by atoms with Gasteiger partial charge < -0.3 is 9.47 Å². The summed E-state index contributed by atoms with van der Waals surface area (Å²) >= 11 is 0. The molecule has 158 valence electrons. The van der Waals surface area contributed by atoms with E-state index in [-0.39, 0.29) is 11.1 Å². The van der Waals surface area contributed by atoms with Gasteiger partial charge in [0.25, 0.3) is 0 Å². The van der Waals surface area contributed by atoms with E-state index in [1.165, 1.54) is 0 Å². The quantitative estimate of drug-likeness (QED) is 0.402.